The second-order valence-corrected chi connectivity index (χ2v) is 6.28. The lowest BCUT2D eigenvalue weighted by atomic mass is 10.1. The quantitative estimate of drug-likeness (QED) is 0.519. The summed E-state index contributed by atoms with van der Waals surface area (Å²) in [6, 6.07) is 10.0. The van der Waals surface area contributed by atoms with Gasteiger partial charge in [-0.25, -0.2) is 0 Å². The molecule has 3 aromatic rings. The Morgan fingerprint density at radius 2 is 2.14 bits per heavy atom. The highest BCUT2D eigenvalue weighted by molar-refractivity contribution is 6.05. The molecule has 0 radical (unpaired) electrons. The first-order chi connectivity index (χ1) is 13.5. The van der Waals surface area contributed by atoms with Crippen LogP contribution in [0.1, 0.15) is 22.6 Å². The smallest absolute Gasteiger partial charge is 0.270 e. The minimum absolute atomic E-state index is 0.156. The van der Waals surface area contributed by atoms with Crippen molar-refractivity contribution in [3.8, 4) is 5.75 Å². The molecule has 3 rings (SSSR count). The van der Waals surface area contributed by atoms with Gasteiger partial charge in [-0.05, 0) is 30.3 Å². The molecule has 0 aliphatic rings. The van der Waals surface area contributed by atoms with Crippen molar-refractivity contribution in [1.82, 2.24) is 20.1 Å². The molecule has 0 aliphatic heterocycles. The molecule has 0 saturated heterocycles. The Labute approximate surface area is 161 Å². The normalized spacial score (nSPS) is 11.9. The number of nitrogens with two attached hydrogens (primary N) is 1. The zero-order chi connectivity index (χ0) is 20.1. The molecule has 0 bridgehead atoms. The Hall–Kier alpha value is -3.46. The average molecular weight is 383 g/mol. The van der Waals surface area contributed by atoms with Gasteiger partial charge < -0.3 is 20.9 Å². The van der Waals surface area contributed by atoms with Crippen molar-refractivity contribution < 1.29 is 19.4 Å². The fourth-order valence-corrected chi connectivity index (χ4v) is 2.84. The van der Waals surface area contributed by atoms with E-state index in [1.165, 1.54) is 4.68 Å². The number of carbonyl (C=O) groups excluding carboxylic acids is 2. The van der Waals surface area contributed by atoms with Gasteiger partial charge in [0.2, 0.25) is 5.91 Å². The van der Waals surface area contributed by atoms with Gasteiger partial charge in [-0.2, -0.15) is 5.10 Å². The van der Waals surface area contributed by atoms with Gasteiger partial charge in [0, 0.05) is 25.1 Å². The molecule has 2 heterocycles. The number of nitrogens with zero attached hydrogens (tertiary/aromatic N) is 3. The van der Waals surface area contributed by atoms with E-state index in [0.29, 0.717) is 29.0 Å². The van der Waals surface area contributed by atoms with Crippen LogP contribution in [0.25, 0.3) is 10.9 Å². The van der Waals surface area contributed by atoms with Crippen molar-refractivity contribution in [2.24, 2.45) is 12.8 Å². The van der Waals surface area contributed by atoms with Gasteiger partial charge in [0.15, 0.2) is 0 Å². The van der Waals surface area contributed by atoms with Gasteiger partial charge in [-0.1, -0.05) is 6.07 Å². The number of amides is 2. The van der Waals surface area contributed by atoms with Gasteiger partial charge >= 0.3 is 0 Å². The first-order valence-electron chi connectivity index (χ1n) is 8.67. The molecular formula is C19H21N5O4. The van der Waals surface area contributed by atoms with Gasteiger partial charge in [-0.15, -0.1) is 0 Å². The molecule has 0 saturated carbocycles. The molecule has 28 heavy (non-hydrogen) atoms. The predicted octanol–water partition coefficient (Wildman–Crippen LogP) is 0.513. The van der Waals surface area contributed by atoms with Crippen LogP contribution >= 0.6 is 0 Å². The monoisotopic (exact) mass is 383 g/mol. The second kappa shape index (κ2) is 8.49. The highest BCUT2D eigenvalue weighted by Gasteiger charge is 2.21. The molecule has 0 spiro atoms. The summed E-state index contributed by atoms with van der Waals surface area (Å²) < 4.78 is 7.21. The number of carbonyl (C=O) groups is 2. The molecule has 146 valence electrons. The van der Waals surface area contributed by atoms with E-state index in [-0.39, 0.29) is 6.42 Å². The van der Waals surface area contributed by atoms with Gasteiger partial charge in [0.25, 0.3) is 5.91 Å². The standard InChI is InChI=1S/C19H21N5O4/c1-24-18(19(27)22-13(10-25)8-17(20)26)15-9-14(5-6-16(15)23-24)28-11-12-4-2-3-7-21-12/h2-7,9,13,25H,8,10-11H2,1H3,(H2,20,26)(H,22,27). The first-order valence-corrected chi connectivity index (χ1v) is 8.67. The van der Waals surface area contributed by atoms with Crippen molar-refractivity contribution in [2.75, 3.05) is 6.61 Å². The SMILES string of the molecule is Cn1nc2ccc(OCc3ccccn3)cc2c1C(=O)NC(CO)CC(N)=O. The molecule has 9 heteroatoms. The highest BCUT2D eigenvalue weighted by Crippen LogP contribution is 2.24. The number of aromatic nitrogens is 3. The van der Waals surface area contributed by atoms with Crippen molar-refractivity contribution in [1.29, 1.82) is 0 Å². The van der Waals surface area contributed by atoms with Gasteiger partial charge in [-0.3, -0.25) is 19.3 Å². The number of aliphatic hydroxyl groups excluding tert-OH is 1. The number of rotatable bonds is 8. The number of hydrogen-bond donors (Lipinski definition) is 3. The minimum atomic E-state index is -0.765. The number of primary amides is 1. The zero-order valence-corrected chi connectivity index (χ0v) is 15.3. The van der Waals surface area contributed by atoms with Crippen molar-refractivity contribution >= 4 is 22.7 Å². The summed E-state index contributed by atoms with van der Waals surface area (Å²) in [5.41, 5.74) is 6.84. The van der Waals surface area contributed by atoms with E-state index in [1.807, 2.05) is 18.2 Å². The maximum Gasteiger partial charge on any atom is 0.270 e. The second-order valence-electron chi connectivity index (χ2n) is 6.28. The Balaban J connectivity index is 1.82. The van der Waals surface area contributed by atoms with E-state index in [2.05, 4.69) is 15.4 Å². The number of hydrogen-bond acceptors (Lipinski definition) is 6. The zero-order valence-electron chi connectivity index (χ0n) is 15.3. The van der Waals surface area contributed by atoms with E-state index in [4.69, 9.17) is 10.5 Å². The predicted molar refractivity (Wildman–Crippen MR) is 101 cm³/mol. The maximum absolute atomic E-state index is 12.7. The van der Waals surface area contributed by atoms with E-state index < -0.39 is 24.5 Å². The topological polar surface area (TPSA) is 132 Å². The minimum Gasteiger partial charge on any atom is -0.487 e. The number of ether oxygens (including phenoxy) is 1. The molecule has 1 unspecified atom stereocenters. The van der Waals surface area contributed by atoms with Crippen LogP contribution in [-0.4, -0.2) is 44.3 Å². The van der Waals surface area contributed by atoms with Crippen molar-refractivity contribution in [2.45, 2.75) is 19.1 Å². The lowest BCUT2D eigenvalue weighted by Crippen LogP contribution is -2.41. The highest BCUT2D eigenvalue weighted by atomic mass is 16.5. The molecule has 9 nitrogen and oxygen atoms in total. The number of benzene rings is 1. The number of aryl methyl sites for hydroxylation is 1. The maximum atomic E-state index is 12.7. The van der Waals surface area contributed by atoms with E-state index in [1.54, 1.807) is 31.4 Å². The molecule has 1 aromatic carbocycles. The lowest BCUT2D eigenvalue weighted by Gasteiger charge is -2.14. The van der Waals surface area contributed by atoms with Crippen LogP contribution in [0.2, 0.25) is 0 Å². The summed E-state index contributed by atoms with van der Waals surface area (Å²) in [5.74, 6) is -0.511. The summed E-state index contributed by atoms with van der Waals surface area (Å²) in [6.45, 7) is -0.109. The largest absolute Gasteiger partial charge is 0.487 e. The van der Waals surface area contributed by atoms with E-state index in [9.17, 15) is 14.7 Å². The summed E-state index contributed by atoms with van der Waals surface area (Å²) in [7, 11) is 1.64. The molecular weight excluding hydrogens is 362 g/mol. The summed E-state index contributed by atoms with van der Waals surface area (Å²) in [6.07, 6.45) is 1.53. The average Bonchev–Trinajstić information content (AvgIpc) is 3.01. The fourth-order valence-electron chi connectivity index (χ4n) is 2.84. The number of nitrogens with one attached hydrogen (secondary N) is 1. The molecule has 2 aromatic heterocycles. The molecule has 1 atom stereocenters. The molecule has 0 aliphatic carbocycles. The molecule has 0 fully saturated rings. The van der Waals surface area contributed by atoms with E-state index in [0.717, 1.165) is 5.69 Å². The van der Waals surface area contributed by atoms with Gasteiger partial charge in [0.05, 0.1) is 23.9 Å². The fraction of sp³-hybridized carbons (Fsp3) is 0.263. The first kappa shape index (κ1) is 19.3. The molecule has 2 amide bonds. The van der Waals surface area contributed by atoms with Crippen LogP contribution in [-0.2, 0) is 18.4 Å². The van der Waals surface area contributed by atoms with Crippen LogP contribution in [0.15, 0.2) is 42.6 Å². The van der Waals surface area contributed by atoms with Crippen molar-refractivity contribution in [3.05, 3.63) is 54.0 Å². The molecule has 4 N–H and O–H groups in total. The number of pyridine rings is 1. The number of fused-ring (bicyclic) bond motifs is 1. The van der Waals surface area contributed by atoms with E-state index >= 15 is 0 Å². The van der Waals surface area contributed by atoms with Crippen LogP contribution in [0, 0.1) is 0 Å². The third-order valence-electron chi connectivity index (χ3n) is 4.14. The number of aliphatic hydroxyl groups is 1. The van der Waals surface area contributed by atoms with Crippen LogP contribution < -0.4 is 15.8 Å². The van der Waals surface area contributed by atoms with Crippen LogP contribution in [0.3, 0.4) is 0 Å². The van der Waals surface area contributed by atoms with Gasteiger partial charge in [0.1, 0.15) is 18.1 Å². The van der Waals surface area contributed by atoms with Crippen LogP contribution in [0.5, 0.6) is 5.75 Å². The van der Waals surface area contributed by atoms with Crippen LogP contribution in [0.4, 0.5) is 0 Å². The summed E-state index contributed by atoms with van der Waals surface area (Å²) in [4.78, 5) is 28.0. The Bertz CT molecular complexity index is 987. The third kappa shape index (κ3) is 4.44. The Kier molecular flexibility index (Phi) is 5.85. The van der Waals surface area contributed by atoms with Crippen molar-refractivity contribution in [3.63, 3.8) is 0 Å². The Morgan fingerprint density at radius 3 is 2.82 bits per heavy atom. The third-order valence-corrected chi connectivity index (χ3v) is 4.14. The summed E-state index contributed by atoms with van der Waals surface area (Å²) in [5, 5.41) is 16.9. The lowest BCUT2D eigenvalue weighted by molar-refractivity contribution is -0.118. The summed E-state index contributed by atoms with van der Waals surface area (Å²) >= 11 is 0. The Morgan fingerprint density at radius 1 is 1.32 bits per heavy atom.